The zero-order valence-corrected chi connectivity index (χ0v) is 24.9. The van der Waals surface area contributed by atoms with Gasteiger partial charge in [-0.05, 0) is 98.2 Å². The highest BCUT2D eigenvalue weighted by molar-refractivity contribution is 5.69. The highest BCUT2D eigenvalue weighted by Crippen LogP contribution is 2.67. The third-order valence-electron chi connectivity index (χ3n) is 11.9. The molecule has 0 aromatic carbocycles. The van der Waals surface area contributed by atoms with Crippen molar-refractivity contribution in [1.29, 1.82) is 0 Å². The molecule has 10 atom stereocenters. The maximum atomic E-state index is 12.4. The number of aliphatic hydroxyl groups is 1. The summed E-state index contributed by atoms with van der Waals surface area (Å²) in [5, 5.41) is 12.5. The lowest BCUT2D eigenvalue weighted by Gasteiger charge is -2.58. The van der Waals surface area contributed by atoms with Crippen molar-refractivity contribution in [2.45, 2.75) is 131 Å². The van der Waals surface area contributed by atoms with Crippen molar-refractivity contribution >= 4 is 5.97 Å². The highest BCUT2D eigenvalue weighted by atomic mass is 16.5. The molecule has 0 aliphatic heterocycles. The summed E-state index contributed by atoms with van der Waals surface area (Å²) in [4.78, 5) is 12.4. The summed E-state index contributed by atoms with van der Waals surface area (Å²) in [7, 11) is 0. The Hall–Kier alpha value is -0.870. The van der Waals surface area contributed by atoms with E-state index in [9.17, 15) is 9.90 Å². The standard InChI is InChI=1S/C33H57NO3/c1-7-22(2)8-9-23(3)28-12-13-29-27-11-10-25-20-26(37-31(36)16-19-34-21-24(4)35)14-17-32(25,5)30(27)15-18-33(28,29)6/h10,22-24,26-30,34-35H,7-9,11-21H2,1-6H3/t22-,23-,24?,26+,27+,28-,29+,30+,32+,33-/m1/s1. The Morgan fingerprint density at radius 3 is 2.62 bits per heavy atom. The third kappa shape index (κ3) is 6.16. The zero-order chi connectivity index (χ0) is 26.8. The van der Waals surface area contributed by atoms with E-state index in [1.54, 1.807) is 12.5 Å². The van der Waals surface area contributed by atoms with Crippen LogP contribution in [0.1, 0.15) is 119 Å². The van der Waals surface area contributed by atoms with Crippen LogP contribution in [0.3, 0.4) is 0 Å². The first-order chi connectivity index (χ1) is 17.6. The minimum Gasteiger partial charge on any atom is -0.462 e. The van der Waals surface area contributed by atoms with Gasteiger partial charge >= 0.3 is 5.97 Å². The first-order valence-electron chi connectivity index (χ1n) is 15.9. The van der Waals surface area contributed by atoms with Crippen molar-refractivity contribution < 1.29 is 14.6 Å². The van der Waals surface area contributed by atoms with E-state index in [4.69, 9.17) is 4.74 Å². The second-order valence-corrected chi connectivity index (χ2v) is 14.2. The van der Waals surface area contributed by atoms with E-state index >= 15 is 0 Å². The number of allylic oxidation sites excluding steroid dienone is 1. The van der Waals surface area contributed by atoms with E-state index in [0.29, 0.717) is 30.3 Å². The average molecular weight is 516 g/mol. The van der Waals surface area contributed by atoms with Crippen LogP contribution in [0.4, 0.5) is 0 Å². The molecule has 0 spiro atoms. The number of hydrogen-bond acceptors (Lipinski definition) is 4. The maximum Gasteiger partial charge on any atom is 0.307 e. The van der Waals surface area contributed by atoms with Crippen molar-refractivity contribution in [3.8, 4) is 0 Å². The van der Waals surface area contributed by atoms with E-state index in [1.807, 2.05) is 0 Å². The predicted octanol–water partition coefficient (Wildman–Crippen LogP) is 7.30. The molecule has 2 N–H and O–H groups in total. The third-order valence-corrected chi connectivity index (χ3v) is 11.9. The van der Waals surface area contributed by atoms with Gasteiger partial charge in [0.15, 0.2) is 0 Å². The molecule has 4 nitrogen and oxygen atoms in total. The summed E-state index contributed by atoms with van der Waals surface area (Å²) in [6.07, 6.45) is 16.8. The van der Waals surface area contributed by atoms with E-state index < -0.39 is 0 Å². The van der Waals surface area contributed by atoms with Crippen LogP contribution in [-0.2, 0) is 9.53 Å². The molecule has 0 aromatic rings. The number of rotatable bonds is 11. The molecule has 0 aromatic heterocycles. The van der Waals surface area contributed by atoms with Gasteiger partial charge in [0, 0.05) is 19.5 Å². The second-order valence-electron chi connectivity index (χ2n) is 14.2. The minimum atomic E-state index is -0.389. The fourth-order valence-corrected chi connectivity index (χ4v) is 9.40. The zero-order valence-electron chi connectivity index (χ0n) is 24.9. The Labute approximate surface area is 227 Å². The first kappa shape index (κ1) is 29.1. The number of aliphatic hydroxyl groups excluding tert-OH is 1. The molecule has 4 heteroatoms. The lowest BCUT2D eigenvalue weighted by atomic mass is 9.47. The van der Waals surface area contributed by atoms with Gasteiger partial charge in [-0.15, -0.1) is 0 Å². The number of hydrogen-bond donors (Lipinski definition) is 2. The number of esters is 1. The summed E-state index contributed by atoms with van der Waals surface area (Å²) in [6.45, 7) is 15.4. The molecule has 3 fully saturated rings. The van der Waals surface area contributed by atoms with Gasteiger partial charge in [0.1, 0.15) is 6.10 Å². The molecule has 212 valence electrons. The van der Waals surface area contributed by atoms with E-state index in [0.717, 1.165) is 54.8 Å². The van der Waals surface area contributed by atoms with Crippen LogP contribution in [0.25, 0.3) is 0 Å². The molecule has 0 saturated heterocycles. The fourth-order valence-electron chi connectivity index (χ4n) is 9.40. The largest absolute Gasteiger partial charge is 0.462 e. The van der Waals surface area contributed by atoms with Crippen LogP contribution in [0.2, 0.25) is 0 Å². The van der Waals surface area contributed by atoms with Crippen molar-refractivity contribution in [2.75, 3.05) is 13.1 Å². The van der Waals surface area contributed by atoms with Crippen molar-refractivity contribution in [3.05, 3.63) is 11.6 Å². The highest BCUT2D eigenvalue weighted by Gasteiger charge is 2.59. The van der Waals surface area contributed by atoms with Crippen LogP contribution in [0.15, 0.2) is 11.6 Å². The monoisotopic (exact) mass is 515 g/mol. The SMILES string of the molecule is CC[C@@H](C)CC[C@@H](C)[C@H]1CC[C@H]2[C@@H]3CC=C4C[C@@H](OC(=O)CCNCC(C)O)CC[C@]4(C)[C@H]3CC[C@]12C. The van der Waals surface area contributed by atoms with Crippen molar-refractivity contribution in [1.82, 2.24) is 5.32 Å². The number of carbonyl (C=O) groups excluding carboxylic acids is 1. The lowest BCUT2D eigenvalue weighted by Crippen LogP contribution is -2.51. The Bertz CT molecular complexity index is 807. The topological polar surface area (TPSA) is 58.6 Å². The number of carbonyl (C=O) groups is 1. The predicted molar refractivity (Wildman–Crippen MR) is 152 cm³/mol. The van der Waals surface area contributed by atoms with E-state index in [1.165, 1.54) is 51.4 Å². The summed E-state index contributed by atoms with van der Waals surface area (Å²) in [5.41, 5.74) is 2.42. The molecule has 37 heavy (non-hydrogen) atoms. The van der Waals surface area contributed by atoms with Gasteiger partial charge < -0.3 is 15.2 Å². The molecule has 0 amide bonds. The number of fused-ring (bicyclic) bond motifs is 5. The van der Waals surface area contributed by atoms with Gasteiger partial charge in [-0.2, -0.15) is 0 Å². The number of nitrogens with one attached hydrogen (secondary N) is 1. The Morgan fingerprint density at radius 1 is 1.11 bits per heavy atom. The lowest BCUT2D eigenvalue weighted by molar-refractivity contribution is -0.151. The summed E-state index contributed by atoms with van der Waals surface area (Å²) in [5.74, 6) is 5.07. The van der Waals surface area contributed by atoms with Gasteiger partial charge in [0.25, 0.3) is 0 Å². The van der Waals surface area contributed by atoms with E-state index in [-0.39, 0.29) is 18.2 Å². The Balaban J connectivity index is 1.35. The summed E-state index contributed by atoms with van der Waals surface area (Å²) in [6, 6.07) is 0. The van der Waals surface area contributed by atoms with Crippen LogP contribution in [0, 0.1) is 46.3 Å². The molecular formula is C33H57NO3. The van der Waals surface area contributed by atoms with E-state index in [2.05, 4.69) is 46.0 Å². The fraction of sp³-hybridized carbons (Fsp3) is 0.909. The van der Waals surface area contributed by atoms with Crippen LogP contribution >= 0.6 is 0 Å². The molecule has 4 aliphatic rings. The van der Waals surface area contributed by atoms with Gasteiger partial charge in [-0.3, -0.25) is 4.79 Å². The van der Waals surface area contributed by atoms with Crippen molar-refractivity contribution in [3.63, 3.8) is 0 Å². The quantitative estimate of drug-likeness (QED) is 0.172. The van der Waals surface area contributed by atoms with Gasteiger partial charge in [0.05, 0.1) is 12.5 Å². The molecular weight excluding hydrogens is 458 g/mol. The van der Waals surface area contributed by atoms with Gasteiger partial charge in [0.2, 0.25) is 0 Å². The number of ether oxygens (including phenoxy) is 1. The van der Waals surface area contributed by atoms with Crippen LogP contribution in [0.5, 0.6) is 0 Å². The van der Waals surface area contributed by atoms with Crippen LogP contribution in [-0.4, -0.2) is 36.4 Å². The molecule has 0 bridgehead atoms. The molecule has 0 radical (unpaired) electrons. The molecule has 3 saturated carbocycles. The molecule has 4 aliphatic carbocycles. The molecule has 0 heterocycles. The Kier molecular flexibility index (Phi) is 9.53. The normalized spacial score (nSPS) is 39.5. The molecule has 1 unspecified atom stereocenters. The van der Waals surface area contributed by atoms with Crippen molar-refractivity contribution in [2.24, 2.45) is 46.3 Å². The Morgan fingerprint density at radius 2 is 1.89 bits per heavy atom. The summed E-state index contributed by atoms with van der Waals surface area (Å²) < 4.78 is 5.92. The first-order valence-corrected chi connectivity index (χ1v) is 15.9. The maximum absolute atomic E-state index is 12.4. The summed E-state index contributed by atoms with van der Waals surface area (Å²) >= 11 is 0. The average Bonchev–Trinajstić information content (AvgIpc) is 3.22. The van der Waals surface area contributed by atoms with Gasteiger partial charge in [-0.1, -0.05) is 65.5 Å². The smallest absolute Gasteiger partial charge is 0.307 e. The van der Waals surface area contributed by atoms with Gasteiger partial charge in [-0.25, -0.2) is 0 Å². The van der Waals surface area contributed by atoms with Crippen LogP contribution < -0.4 is 5.32 Å². The molecule has 4 rings (SSSR count). The minimum absolute atomic E-state index is 0.0382. The second kappa shape index (κ2) is 12.1.